The summed E-state index contributed by atoms with van der Waals surface area (Å²) >= 11 is 0. The zero-order valence-electron chi connectivity index (χ0n) is 53.7. The van der Waals surface area contributed by atoms with Crippen LogP contribution in [0.1, 0.15) is 82.4 Å². The molecule has 2 saturated heterocycles. The number of aliphatic hydroxyl groups is 4. The van der Waals surface area contributed by atoms with Crippen LogP contribution in [0.5, 0.6) is 28.7 Å². The van der Waals surface area contributed by atoms with E-state index in [9.17, 15) is 54.3 Å². The standard InChI is InChI=1S/C67H84N6O23/c1-4-18-93-65(83)71-37-43-35-67(15-16-67)39-72(43)61(79)44-31-51(85-2)53(33-47(44)71)91-19-8-5-9-20-92-54-34-48-45(32-52(54)86-3)60(78)70-36-42-11-7-6-10-41(42)30-49(70)62(80)73(48)66(84)94-38-40-12-13-50(95-64-58(77)56(75)57(76)59(96-64)63(81)82)46(29-40)69-55(74)14-21-87-23-25-89-27-28-90-26-24-88-22-17-68/h4,6-7,10-13,29,31-34,43,49,56-59,62,64,75-77,80H,1,5,8-9,14-28,30,35-39,68H2,2-3H3,(H,69,74)(H,81,82)/t43-,49-,56-,57-,58+,59-,62-,64+/m0/s1. The van der Waals surface area contributed by atoms with Crippen LogP contribution in [0.25, 0.3) is 0 Å². The monoisotopic (exact) mass is 1340 g/mol. The molecule has 0 aromatic heterocycles. The molecule has 8 atom stereocenters. The molecule has 0 radical (unpaired) electrons. The van der Waals surface area contributed by atoms with E-state index in [0.29, 0.717) is 88.1 Å². The number of hydrogen-bond donors (Lipinski definition) is 7. The van der Waals surface area contributed by atoms with E-state index in [1.54, 1.807) is 12.1 Å². The first kappa shape index (κ1) is 70.4. The van der Waals surface area contributed by atoms with Gasteiger partial charge in [-0.05, 0) is 91.3 Å². The van der Waals surface area contributed by atoms with Crippen LogP contribution in [-0.2, 0) is 62.3 Å². The first-order chi connectivity index (χ1) is 46.5. The number of carbonyl (C=O) groups is 6. The van der Waals surface area contributed by atoms with Crippen molar-refractivity contribution in [3.63, 3.8) is 0 Å². The molecule has 1 saturated carbocycles. The van der Waals surface area contributed by atoms with E-state index in [4.69, 9.17) is 62.6 Å². The number of aliphatic carboxylic acids is 1. The van der Waals surface area contributed by atoms with Crippen LogP contribution in [-0.4, -0.2) is 227 Å². The Morgan fingerprint density at radius 2 is 1.32 bits per heavy atom. The second kappa shape index (κ2) is 32.6. The van der Waals surface area contributed by atoms with Gasteiger partial charge < -0.3 is 103 Å². The number of nitrogens with one attached hydrogen (secondary N) is 1. The summed E-state index contributed by atoms with van der Waals surface area (Å²) in [6.07, 6.45) is -7.25. The average Bonchev–Trinajstić information content (AvgIpc) is 1.58. The van der Waals surface area contributed by atoms with Gasteiger partial charge in [0, 0.05) is 38.3 Å². The maximum absolute atomic E-state index is 14.8. The number of rotatable bonds is 32. The quantitative estimate of drug-likeness (QED) is 0.0267. The molecule has 4 aromatic rings. The number of carbonyl (C=O) groups excluding carboxylic acids is 5. The Morgan fingerprint density at radius 3 is 1.96 bits per heavy atom. The number of benzene rings is 4. The zero-order valence-corrected chi connectivity index (χ0v) is 53.7. The Bertz CT molecular complexity index is 3420. The summed E-state index contributed by atoms with van der Waals surface area (Å²) < 4.78 is 68.6. The highest BCUT2D eigenvalue weighted by atomic mass is 16.7. The lowest BCUT2D eigenvalue weighted by molar-refractivity contribution is -0.271. The maximum Gasteiger partial charge on any atom is 0.416 e. The molecule has 1 aliphatic carbocycles. The molecule has 3 fully saturated rings. The molecule has 4 aromatic carbocycles. The topological polar surface area (TPSA) is 365 Å². The van der Waals surface area contributed by atoms with Crippen molar-refractivity contribution < 1.29 is 111 Å². The van der Waals surface area contributed by atoms with Crippen molar-refractivity contribution in [3.8, 4) is 28.7 Å². The van der Waals surface area contributed by atoms with Gasteiger partial charge in [0.1, 0.15) is 37.3 Å². The van der Waals surface area contributed by atoms with Crippen molar-refractivity contribution in [2.45, 2.75) is 114 Å². The summed E-state index contributed by atoms with van der Waals surface area (Å²) in [4.78, 5) is 88.7. The van der Waals surface area contributed by atoms with Crippen molar-refractivity contribution in [1.82, 2.24) is 9.80 Å². The lowest BCUT2D eigenvalue weighted by Gasteiger charge is -2.39. The van der Waals surface area contributed by atoms with Crippen LogP contribution >= 0.6 is 0 Å². The first-order valence-corrected chi connectivity index (χ1v) is 32.1. The molecule has 10 rings (SSSR count). The molecule has 8 N–H and O–H groups in total. The largest absolute Gasteiger partial charge is 0.493 e. The van der Waals surface area contributed by atoms with Crippen molar-refractivity contribution >= 4 is 52.9 Å². The number of anilines is 3. The van der Waals surface area contributed by atoms with Gasteiger partial charge in [-0.25, -0.2) is 19.3 Å². The van der Waals surface area contributed by atoms with Gasteiger partial charge in [-0.1, -0.05) is 43.0 Å². The molecule has 1 spiro atoms. The van der Waals surface area contributed by atoms with Crippen LogP contribution in [0.3, 0.4) is 0 Å². The van der Waals surface area contributed by atoms with Gasteiger partial charge in [-0.15, -0.1) is 0 Å². The predicted octanol–water partition coefficient (Wildman–Crippen LogP) is 4.14. The molecule has 96 heavy (non-hydrogen) atoms. The predicted molar refractivity (Wildman–Crippen MR) is 340 cm³/mol. The number of ether oxygens (including phenoxy) is 12. The molecule has 0 unspecified atom stereocenters. The molecular formula is C67H84N6O23. The normalized spacial score (nSPS) is 22.1. The molecule has 29 nitrogen and oxygen atoms in total. The fourth-order valence-electron chi connectivity index (χ4n) is 12.4. The van der Waals surface area contributed by atoms with E-state index in [1.165, 1.54) is 60.4 Å². The number of carboxylic acid groups (broad SMARTS) is 1. The Balaban J connectivity index is 0.817. The second-order valence-corrected chi connectivity index (χ2v) is 24.1. The van der Waals surface area contributed by atoms with Crippen LogP contribution in [0, 0.1) is 5.41 Å². The van der Waals surface area contributed by atoms with Crippen LogP contribution in [0.2, 0.25) is 0 Å². The Kier molecular flexibility index (Phi) is 23.9. The van der Waals surface area contributed by atoms with Crippen LogP contribution in [0.15, 0.2) is 79.4 Å². The van der Waals surface area contributed by atoms with E-state index in [2.05, 4.69) is 11.9 Å². The molecule has 5 aliphatic heterocycles. The number of amides is 5. The van der Waals surface area contributed by atoms with Gasteiger partial charge in [-0.2, -0.15) is 0 Å². The molecule has 29 heteroatoms. The maximum atomic E-state index is 14.8. The van der Waals surface area contributed by atoms with Gasteiger partial charge in [0.25, 0.3) is 11.8 Å². The lowest BCUT2D eigenvalue weighted by Crippen LogP contribution is -2.61. The Hall–Kier alpha value is -8.36. The summed E-state index contributed by atoms with van der Waals surface area (Å²) in [6, 6.07) is 16.6. The molecule has 5 heterocycles. The van der Waals surface area contributed by atoms with Crippen LogP contribution < -0.4 is 44.5 Å². The number of nitrogens with two attached hydrogens (primary N) is 1. The highest BCUT2D eigenvalue weighted by Crippen LogP contribution is 2.56. The fraction of sp³-hybridized carbons (Fsp3) is 0.522. The van der Waals surface area contributed by atoms with E-state index < -0.39 is 79.6 Å². The minimum atomic E-state index is -2.01. The third-order valence-electron chi connectivity index (χ3n) is 17.6. The Labute approximate surface area is 554 Å². The number of unbranched alkanes of at least 4 members (excludes halogenated alkanes) is 2. The summed E-state index contributed by atoms with van der Waals surface area (Å²) in [5.41, 5.74) is 8.00. The number of carboxylic acids is 1. The van der Waals surface area contributed by atoms with E-state index >= 15 is 0 Å². The van der Waals surface area contributed by atoms with Gasteiger partial charge >= 0.3 is 18.2 Å². The highest BCUT2D eigenvalue weighted by Gasteiger charge is 2.55. The minimum Gasteiger partial charge on any atom is -0.493 e. The molecule has 5 amide bonds. The zero-order chi connectivity index (χ0) is 68.0. The average molecular weight is 1340 g/mol. The van der Waals surface area contributed by atoms with E-state index in [0.717, 1.165) is 35.3 Å². The first-order valence-electron chi connectivity index (χ1n) is 32.1. The summed E-state index contributed by atoms with van der Waals surface area (Å²) in [6.45, 7) is 7.09. The summed E-state index contributed by atoms with van der Waals surface area (Å²) in [7, 11) is 2.89. The van der Waals surface area contributed by atoms with E-state index in [-0.39, 0.29) is 123 Å². The second-order valence-electron chi connectivity index (χ2n) is 24.1. The summed E-state index contributed by atoms with van der Waals surface area (Å²) in [5.74, 6) is -2.16. The number of fused-ring (bicyclic) bond motifs is 5. The lowest BCUT2D eigenvalue weighted by atomic mass is 9.93. The van der Waals surface area contributed by atoms with Crippen molar-refractivity contribution in [1.29, 1.82) is 0 Å². The van der Waals surface area contributed by atoms with Crippen molar-refractivity contribution in [3.05, 3.63) is 107 Å². The van der Waals surface area contributed by atoms with Crippen molar-refractivity contribution in [2.24, 2.45) is 11.1 Å². The van der Waals surface area contributed by atoms with Gasteiger partial charge in [0.15, 0.2) is 35.3 Å². The Morgan fingerprint density at radius 1 is 0.698 bits per heavy atom. The number of aliphatic hydroxyl groups excluding tert-OH is 4. The smallest absolute Gasteiger partial charge is 0.416 e. The number of nitrogens with zero attached hydrogens (tertiary/aromatic N) is 4. The van der Waals surface area contributed by atoms with Gasteiger partial charge in [0.05, 0.1) is 127 Å². The molecule has 6 aliphatic rings. The summed E-state index contributed by atoms with van der Waals surface area (Å²) in [5, 5.41) is 56.6. The van der Waals surface area contributed by atoms with Crippen molar-refractivity contribution in [2.75, 3.05) is 122 Å². The van der Waals surface area contributed by atoms with Gasteiger partial charge in [-0.3, -0.25) is 19.3 Å². The molecule has 0 bridgehead atoms. The third-order valence-corrected chi connectivity index (χ3v) is 17.6. The molecule has 520 valence electrons. The molecular weight excluding hydrogens is 1260 g/mol. The SMILES string of the molecule is C=CCOC(=O)N1C[C@@H]2CC3(CC3)CN2C(=O)c2cc(OC)c(OCCCCCOc3cc4c(cc3OC)C(=O)N3Cc5ccccc5C[C@H]3[C@H](O)N4C(=O)OCc3ccc(O[C@@H]4O[C@H](C(=O)O)[C@@H](O)[C@H](O)[C@H]4O)c(NC(=O)CCOCCOCCOCCOCCN)c3)cc21. The number of methoxy groups -OCH3 is 2. The van der Waals surface area contributed by atoms with Gasteiger partial charge in [0.2, 0.25) is 12.2 Å². The minimum absolute atomic E-state index is 0.000619. The highest BCUT2D eigenvalue weighted by molar-refractivity contribution is 6.07. The van der Waals surface area contributed by atoms with Crippen LogP contribution in [0.4, 0.5) is 26.7 Å². The fourth-order valence-corrected chi connectivity index (χ4v) is 12.4. The third kappa shape index (κ3) is 16.5. The number of hydrogen-bond acceptors (Lipinski definition) is 23. The van der Waals surface area contributed by atoms with E-state index in [1.807, 2.05) is 29.2 Å².